The summed E-state index contributed by atoms with van der Waals surface area (Å²) in [5.74, 6) is 0.490. The van der Waals surface area contributed by atoms with Gasteiger partial charge in [0.1, 0.15) is 11.6 Å². The molecule has 0 aromatic rings. The molecule has 1 heterocycles. The Kier molecular flexibility index (Phi) is 3.43. The summed E-state index contributed by atoms with van der Waals surface area (Å²) < 4.78 is 0. The van der Waals surface area contributed by atoms with Crippen LogP contribution >= 0.6 is 0 Å². The summed E-state index contributed by atoms with van der Waals surface area (Å²) in [6.45, 7) is 5.21. The number of carbonyl (C=O) groups is 2. The number of hydrogen-bond acceptors (Lipinski definition) is 3. The quantitative estimate of drug-likeness (QED) is 0.683. The maximum absolute atomic E-state index is 11.7. The van der Waals surface area contributed by atoms with Crippen molar-refractivity contribution in [2.75, 3.05) is 20.1 Å². The summed E-state index contributed by atoms with van der Waals surface area (Å²) in [6.07, 6.45) is 1.85. The maximum Gasteiger partial charge on any atom is 0.141 e. The Morgan fingerprint density at radius 1 is 1.57 bits per heavy atom. The second-order valence-corrected chi connectivity index (χ2v) is 4.67. The predicted octanol–water partition coefficient (Wildman–Crippen LogP) is 1.27. The van der Waals surface area contributed by atoms with E-state index in [4.69, 9.17) is 0 Å². The lowest BCUT2D eigenvalue weighted by atomic mass is 9.77. The first-order valence-corrected chi connectivity index (χ1v) is 5.15. The lowest BCUT2D eigenvalue weighted by Gasteiger charge is -2.37. The van der Waals surface area contributed by atoms with E-state index in [1.165, 1.54) is 0 Å². The molecule has 1 aliphatic heterocycles. The van der Waals surface area contributed by atoms with Crippen LogP contribution in [0.2, 0.25) is 0 Å². The highest BCUT2D eigenvalue weighted by molar-refractivity contribution is 5.86. The van der Waals surface area contributed by atoms with Crippen LogP contribution in [0.5, 0.6) is 0 Å². The van der Waals surface area contributed by atoms with Crippen molar-refractivity contribution in [3.63, 3.8) is 0 Å². The fourth-order valence-corrected chi connectivity index (χ4v) is 2.03. The topological polar surface area (TPSA) is 37.4 Å². The minimum atomic E-state index is -0.293. The van der Waals surface area contributed by atoms with Crippen LogP contribution in [0.15, 0.2) is 0 Å². The molecule has 1 saturated heterocycles. The van der Waals surface area contributed by atoms with Gasteiger partial charge in [-0.2, -0.15) is 0 Å². The third-order valence-corrected chi connectivity index (χ3v) is 3.04. The lowest BCUT2D eigenvalue weighted by Crippen LogP contribution is -2.46. The number of nitrogens with zero attached hydrogens (tertiary/aromatic N) is 1. The molecule has 14 heavy (non-hydrogen) atoms. The van der Waals surface area contributed by atoms with Gasteiger partial charge in [0.25, 0.3) is 0 Å². The molecule has 1 atom stereocenters. The average molecular weight is 197 g/mol. The van der Waals surface area contributed by atoms with E-state index >= 15 is 0 Å². The predicted molar refractivity (Wildman–Crippen MR) is 55.1 cm³/mol. The molecule has 80 valence electrons. The number of ketones is 2. The maximum atomic E-state index is 11.7. The monoisotopic (exact) mass is 197 g/mol. The molecule has 0 aromatic heterocycles. The summed E-state index contributed by atoms with van der Waals surface area (Å²) in [7, 11) is 2.03. The number of Topliss-reactive ketones (excluding diaryl/α,β-unsaturated/α-hetero) is 2. The molecule has 3 heteroatoms. The highest BCUT2D eigenvalue weighted by atomic mass is 16.1. The van der Waals surface area contributed by atoms with Crippen molar-refractivity contribution >= 4 is 11.6 Å². The van der Waals surface area contributed by atoms with Gasteiger partial charge in [0.05, 0.1) is 0 Å². The van der Waals surface area contributed by atoms with Gasteiger partial charge in [-0.3, -0.25) is 4.79 Å². The van der Waals surface area contributed by atoms with E-state index < -0.39 is 0 Å². The third-order valence-electron chi connectivity index (χ3n) is 3.04. The van der Waals surface area contributed by atoms with Gasteiger partial charge in [-0.05, 0) is 20.4 Å². The van der Waals surface area contributed by atoms with Crippen molar-refractivity contribution in [1.29, 1.82) is 0 Å². The molecule has 0 bridgehead atoms. The van der Waals surface area contributed by atoms with Crippen LogP contribution in [-0.4, -0.2) is 36.6 Å². The first-order chi connectivity index (χ1) is 6.44. The molecule has 0 amide bonds. The van der Waals surface area contributed by atoms with E-state index in [2.05, 4.69) is 4.90 Å². The van der Waals surface area contributed by atoms with E-state index in [0.717, 1.165) is 13.1 Å². The van der Waals surface area contributed by atoms with Crippen molar-refractivity contribution in [3.8, 4) is 0 Å². The van der Waals surface area contributed by atoms with E-state index in [1.54, 1.807) is 6.92 Å². The van der Waals surface area contributed by atoms with Gasteiger partial charge < -0.3 is 9.69 Å². The first kappa shape index (κ1) is 11.4. The molecule has 0 saturated carbocycles. The first-order valence-electron chi connectivity index (χ1n) is 5.15. The SMILES string of the molecule is CC(=O)CC[C@@]1(C)CN(C)CCC1=O. The summed E-state index contributed by atoms with van der Waals surface area (Å²) in [4.78, 5) is 24.8. The van der Waals surface area contributed by atoms with Crippen LogP contribution in [-0.2, 0) is 9.59 Å². The molecule has 0 spiro atoms. The largest absolute Gasteiger partial charge is 0.305 e. The molecule has 0 aliphatic carbocycles. The zero-order valence-corrected chi connectivity index (χ0v) is 9.30. The highest BCUT2D eigenvalue weighted by Crippen LogP contribution is 2.30. The molecule has 0 radical (unpaired) electrons. The number of carbonyl (C=O) groups excluding carboxylic acids is 2. The van der Waals surface area contributed by atoms with Crippen molar-refractivity contribution in [3.05, 3.63) is 0 Å². The van der Waals surface area contributed by atoms with E-state index in [0.29, 0.717) is 25.0 Å². The van der Waals surface area contributed by atoms with Gasteiger partial charge in [-0.25, -0.2) is 0 Å². The minimum Gasteiger partial charge on any atom is -0.305 e. The number of rotatable bonds is 3. The van der Waals surface area contributed by atoms with E-state index in [9.17, 15) is 9.59 Å². The highest BCUT2D eigenvalue weighted by Gasteiger charge is 2.36. The zero-order valence-electron chi connectivity index (χ0n) is 9.30. The molecule has 0 N–H and O–H groups in total. The number of likely N-dealkylation sites (tertiary alicyclic amines) is 1. The second kappa shape index (κ2) is 4.22. The summed E-state index contributed by atoms with van der Waals surface area (Å²) >= 11 is 0. The minimum absolute atomic E-state index is 0.173. The second-order valence-electron chi connectivity index (χ2n) is 4.67. The van der Waals surface area contributed by atoms with Crippen LogP contribution in [0.4, 0.5) is 0 Å². The summed E-state index contributed by atoms with van der Waals surface area (Å²) in [5.41, 5.74) is -0.293. The summed E-state index contributed by atoms with van der Waals surface area (Å²) in [6, 6.07) is 0. The van der Waals surface area contributed by atoms with Gasteiger partial charge in [0.2, 0.25) is 0 Å². The van der Waals surface area contributed by atoms with Crippen molar-refractivity contribution < 1.29 is 9.59 Å². The Hall–Kier alpha value is -0.700. The van der Waals surface area contributed by atoms with Crippen LogP contribution < -0.4 is 0 Å². The smallest absolute Gasteiger partial charge is 0.141 e. The molecule has 0 aromatic carbocycles. The Morgan fingerprint density at radius 3 is 2.79 bits per heavy atom. The normalized spacial score (nSPS) is 29.2. The molecule has 1 fully saturated rings. The van der Waals surface area contributed by atoms with Crippen molar-refractivity contribution in [2.24, 2.45) is 5.41 Å². The molecular weight excluding hydrogens is 178 g/mol. The van der Waals surface area contributed by atoms with Crippen molar-refractivity contribution in [1.82, 2.24) is 4.90 Å². The van der Waals surface area contributed by atoms with Crippen molar-refractivity contribution in [2.45, 2.75) is 33.1 Å². The summed E-state index contributed by atoms with van der Waals surface area (Å²) in [5, 5.41) is 0. The van der Waals surface area contributed by atoms with Crippen LogP contribution in [0, 0.1) is 5.41 Å². The van der Waals surface area contributed by atoms with E-state index in [1.807, 2.05) is 14.0 Å². The van der Waals surface area contributed by atoms with Crippen LogP contribution in [0.1, 0.15) is 33.1 Å². The Bertz CT molecular complexity index is 250. The van der Waals surface area contributed by atoms with Gasteiger partial charge in [-0.1, -0.05) is 6.92 Å². The fourth-order valence-electron chi connectivity index (χ4n) is 2.03. The molecule has 1 rings (SSSR count). The van der Waals surface area contributed by atoms with Gasteiger partial charge in [0.15, 0.2) is 0 Å². The van der Waals surface area contributed by atoms with E-state index in [-0.39, 0.29) is 11.2 Å². The average Bonchev–Trinajstić information content (AvgIpc) is 2.09. The Labute approximate surface area is 85.5 Å². The van der Waals surface area contributed by atoms with Gasteiger partial charge in [0, 0.05) is 31.3 Å². The van der Waals surface area contributed by atoms with Crippen LogP contribution in [0.3, 0.4) is 0 Å². The molecule has 0 unspecified atom stereocenters. The Morgan fingerprint density at radius 2 is 2.21 bits per heavy atom. The standard InChI is InChI=1S/C11H19NO2/c1-9(13)4-6-11(2)8-12(3)7-5-10(11)14/h4-8H2,1-3H3/t11-/m0/s1. The van der Waals surface area contributed by atoms with Crippen LogP contribution in [0.25, 0.3) is 0 Å². The Balaban J connectivity index is 2.59. The molecule has 1 aliphatic rings. The molecule has 3 nitrogen and oxygen atoms in total. The zero-order chi connectivity index (χ0) is 10.8. The number of piperidine rings is 1. The fraction of sp³-hybridized carbons (Fsp3) is 0.818. The number of hydrogen-bond donors (Lipinski definition) is 0. The lowest BCUT2D eigenvalue weighted by molar-refractivity contribution is -0.133. The van der Waals surface area contributed by atoms with Gasteiger partial charge >= 0.3 is 0 Å². The molecular formula is C11H19NO2. The third kappa shape index (κ3) is 2.64. The van der Waals surface area contributed by atoms with Gasteiger partial charge in [-0.15, -0.1) is 0 Å².